The summed E-state index contributed by atoms with van der Waals surface area (Å²) in [6.07, 6.45) is 0. The van der Waals surface area contributed by atoms with Gasteiger partial charge in [-0.15, -0.1) is 10.2 Å². The van der Waals surface area contributed by atoms with Crippen LogP contribution in [0.4, 0.5) is 0 Å². The van der Waals surface area contributed by atoms with Crippen molar-refractivity contribution in [2.45, 2.75) is 13.5 Å². The lowest BCUT2D eigenvalue weighted by Gasteiger charge is -1.99. The highest BCUT2D eigenvalue weighted by molar-refractivity contribution is 4.92. The molecule has 0 saturated heterocycles. The van der Waals surface area contributed by atoms with E-state index < -0.39 is 0 Å². The fourth-order valence-corrected chi connectivity index (χ4v) is 0.835. The zero-order chi connectivity index (χ0) is 8.97. The highest BCUT2D eigenvalue weighted by atomic mass is 15.3. The van der Waals surface area contributed by atoms with Gasteiger partial charge in [-0.1, -0.05) is 0 Å². The molecule has 12 heavy (non-hydrogen) atoms. The summed E-state index contributed by atoms with van der Waals surface area (Å²) in [6, 6.07) is 2.00. The van der Waals surface area contributed by atoms with Gasteiger partial charge in [0.25, 0.3) is 0 Å². The Labute approximate surface area is 71.0 Å². The molecule has 0 bridgehead atoms. The van der Waals surface area contributed by atoms with Gasteiger partial charge in [0.1, 0.15) is 11.6 Å². The van der Waals surface area contributed by atoms with E-state index in [1.807, 2.05) is 24.6 Å². The topological polar surface area (TPSA) is 66.5 Å². The SMILES string of the molecule is Cc1nnc(CNCC#N)n1C. The minimum absolute atomic E-state index is 0.339. The highest BCUT2D eigenvalue weighted by Gasteiger charge is 2.02. The first-order valence-electron chi connectivity index (χ1n) is 3.68. The van der Waals surface area contributed by atoms with Crippen LogP contribution in [-0.2, 0) is 13.6 Å². The molecule has 5 nitrogen and oxygen atoms in total. The molecular formula is C7H11N5. The zero-order valence-electron chi connectivity index (χ0n) is 7.20. The van der Waals surface area contributed by atoms with E-state index in [0.29, 0.717) is 13.1 Å². The van der Waals surface area contributed by atoms with E-state index in [1.54, 1.807) is 0 Å². The van der Waals surface area contributed by atoms with E-state index in [2.05, 4.69) is 15.5 Å². The summed E-state index contributed by atoms with van der Waals surface area (Å²) in [6.45, 7) is 2.82. The molecule has 1 aromatic heterocycles. The zero-order valence-corrected chi connectivity index (χ0v) is 7.20. The van der Waals surface area contributed by atoms with E-state index in [-0.39, 0.29) is 0 Å². The molecule has 1 rings (SSSR count). The predicted octanol–water partition coefficient (Wildman–Crippen LogP) is -0.263. The second-order valence-corrected chi connectivity index (χ2v) is 2.48. The quantitative estimate of drug-likeness (QED) is 0.495. The number of rotatable bonds is 3. The van der Waals surface area contributed by atoms with Crippen molar-refractivity contribution in [1.82, 2.24) is 20.1 Å². The molecule has 0 aliphatic carbocycles. The molecule has 64 valence electrons. The van der Waals surface area contributed by atoms with E-state index in [0.717, 1.165) is 11.6 Å². The van der Waals surface area contributed by atoms with Crippen LogP contribution in [0.1, 0.15) is 11.6 Å². The first kappa shape index (κ1) is 8.68. The van der Waals surface area contributed by atoms with Gasteiger partial charge in [-0.05, 0) is 6.92 Å². The van der Waals surface area contributed by atoms with Crippen molar-refractivity contribution in [3.05, 3.63) is 11.6 Å². The van der Waals surface area contributed by atoms with Crippen molar-refractivity contribution in [2.75, 3.05) is 6.54 Å². The molecule has 0 aliphatic heterocycles. The summed E-state index contributed by atoms with van der Waals surface area (Å²) in [5.41, 5.74) is 0. The number of nitrogens with one attached hydrogen (secondary N) is 1. The van der Waals surface area contributed by atoms with Crippen molar-refractivity contribution in [3.8, 4) is 6.07 Å². The molecule has 0 amide bonds. The van der Waals surface area contributed by atoms with Crippen LogP contribution in [0, 0.1) is 18.3 Å². The van der Waals surface area contributed by atoms with Gasteiger partial charge in [0.05, 0.1) is 19.2 Å². The van der Waals surface area contributed by atoms with Gasteiger partial charge in [-0.25, -0.2) is 0 Å². The average Bonchev–Trinajstić information content (AvgIpc) is 2.36. The molecule has 1 aromatic rings. The van der Waals surface area contributed by atoms with Crippen LogP contribution in [0.15, 0.2) is 0 Å². The summed E-state index contributed by atoms with van der Waals surface area (Å²) in [7, 11) is 1.90. The second kappa shape index (κ2) is 3.83. The molecule has 0 fully saturated rings. The Morgan fingerprint density at radius 1 is 1.58 bits per heavy atom. The summed E-state index contributed by atoms with van der Waals surface area (Å²) < 4.78 is 1.89. The van der Waals surface area contributed by atoms with Crippen LogP contribution in [0.5, 0.6) is 0 Å². The summed E-state index contributed by atoms with van der Waals surface area (Å²) in [4.78, 5) is 0. The summed E-state index contributed by atoms with van der Waals surface area (Å²) in [5, 5.41) is 19.0. The normalized spacial score (nSPS) is 9.75. The fourth-order valence-electron chi connectivity index (χ4n) is 0.835. The van der Waals surface area contributed by atoms with Crippen LogP contribution in [0.2, 0.25) is 0 Å². The lowest BCUT2D eigenvalue weighted by atomic mass is 10.5. The first-order valence-corrected chi connectivity index (χ1v) is 3.68. The molecule has 5 heteroatoms. The van der Waals surface area contributed by atoms with Crippen LogP contribution in [-0.4, -0.2) is 21.3 Å². The number of hydrogen-bond donors (Lipinski definition) is 1. The van der Waals surface area contributed by atoms with Crippen LogP contribution in [0.3, 0.4) is 0 Å². The Morgan fingerprint density at radius 3 is 2.83 bits per heavy atom. The maximum Gasteiger partial charge on any atom is 0.146 e. The smallest absolute Gasteiger partial charge is 0.146 e. The third-order valence-electron chi connectivity index (χ3n) is 1.67. The average molecular weight is 165 g/mol. The van der Waals surface area contributed by atoms with Gasteiger partial charge in [0.2, 0.25) is 0 Å². The first-order chi connectivity index (χ1) is 5.75. The van der Waals surface area contributed by atoms with Gasteiger partial charge in [0, 0.05) is 7.05 Å². The van der Waals surface area contributed by atoms with Crippen molar-refractivity contribution in [2.24, 2.45) is 7.05 Å². The highest BCUT2D eigenvalue weighted by Crippen LogP contribution is 1.95. The Kier molecular flexibility index (Phi) is 2.77. The molecular weight excluding hydrogens is 154 g/mol. The van der Waals surface area contributed by atoms with E-state index >= 15 is 0 Å². The Morgan fingerprint density at radius 2 is 2.33 bits per heavy atom. The molecule has 0 unspecified atom stereocenters. The third kappa shape index (κ3) is 1.80. The number of nitriles is 1. The maximum absolute atomic E-state index is 8.26. The maximum atomic E-state index is 8.26. The summed E-state index contributed by atoms with van der Waals surface area (Å²) >= 11 is 0. The molecule has 1 N–H and O–H groups in total. The van der Waals surface area contributed by atoms with Crippen LogP contribution >= 0.6 is 0 Å². The standard InChI is InChI=1S/C7H11N5/c1-6-10-11-7(12(6)2)5-9-4-3-8/h9H,4-5H2,1-2H3. The Hall–Kier alpha value is -1.41. The minimum atomic E-state index is 0.339. The van der Waals surface area contributed by atoms with Crippen molar-refractivity contribution < 1.29 is 0 Å². The predicted molar refractivity (Wildman–Crippen MR) is 43.1 cm³/mol. The van der Waals surface area contributed by atoms with E-state index in [1.165, 1.54) is 0 Å². The van der Waals surface area contributed by atoms with E-state index in [4.69, 9.17) is 5.26 Å². The number of hydrogen-bond acceptors (Lipinski definition) is 4. The summed E-state index contributed by atoms with van der Waals surface area (Å²) in [5.74, 6) is 1.73. The largest absolute Gasteiger partial charge is 0.317 e. The van der Waals surface area contributed by atoms with Gasteiger partial charge in [-0.2, -0.15) is 5.26 Å². The molecule has 0 saturated carbocycles. The molecule has 0 aliphatic rings. The van der Waals surface area contributed by atoms with E-state index in [9.17, 15) is 0 Å². The molecule has 0 atom stereocenters. The minimum Gasteiger partial charge on any atom is -0.317 e. The number of aryl methyl sites for hydroxylation is 1. The third-order valence-corrected chi connectivity index (χ3v) is 1.67. The lowest BCUT2D eigenvalue weighted by Crippen LogP contribution is -2.16. The molecule has 0 radical (unpaired) electrons. The fraction of sp³-hybridized carbons (Fsp3) is 0.571. The lowest BCUT2D eigenvalue weighted by molar-refractivity contribution is 0.676. The molecule has 0 spiro atoms. The Balaban J connectivity index is 2.53. The number of nitrogens with zero attached hydrogens (tertiary/aromatic N) is 4. The van der Waals surface area contributed by atoms with Crippen molar-refractivity contribution in [3.63, 3.8) is 0 Å². The second-order valence-electron chi connectivity index (χ2n) is 2.48. The Bertz CT molecular complexity index is 295. The number of aromatic nitrogens is 3. The monoisotopic (exact) mass is 165 g/mol. The molecule has 0 aromatic carbocycles. The van der Waals surface area contributed by atoms with Gasteiger partial charge in [0.15, 0.2) is 0 Å². The van der Waals surface area contributed by atoms with Crippen molar-refractivity contribution in [1.29, 1.82) is 5.26 Å². The van der Waals surface area contributed by atoms with Gasteiger partial charge in [-0.3, -0.25) is 5.32 Å². The van der Waals surface area contributed by atoms with Crippen molar-refractivity contribution >= 4 is 0 Å². The van der Waals surface area contributed by atoms with Crippen LogP contribution in [0.25, 0.3) is 0 Å². The molecule has 1 heterocycles. The van der Waals surface area contributed by atoms with Crippen LogP contribution < -0.4 is 5.32 Å². The van der Waals surface area contributed by atoms with Gasteiger partial charge >= 0.3 is 0 Å². The van der Waals surface area contributed by atoms with Gasteiger partial charge < -0.3 is 4.57 Å².